The molecule has 1 saturated heterocycles. The minimum atomic E-state index is -0.605. The van der Waals surface area contributed by atoms with Crippen molar-refractivity contribution in [3.63, 3.8) is 0 Å². The van der Waals surface area contributed by atoms with Gasteiger partial charge >= 0.3 is 6.09 Å². The number of carbonyl (C=O) groups is 2. The average molecular weight is 356 g/mol. The van der Waals surface area contributed by atoms with E-state index in [2.05, 4.69) is 20.9 Å². The molecule has 0 bridgehead atoms. The molecule has 1 aromatic heterocycles. The number of ether oxygens (including phenoxy) is 1. The Bertz CT molecular complexity index is 769. The highest BCUT2D eigenvalue weighted by molar-refractivity contribution is 5.85. The van der Waals surface area contributed by atoms with Crippen LogP contribution in [0.4, 0.5) is 4.79 Å². The average Bonchev–Trinajstić information content (AvgIpc) is 2.70. The molecule has 0 aliphatic carbocycles. The minimum absolute atomic E-state index is 0.252. The minimum Gasteiger partial charge on any atom is -0.439 e. The molecule has 1 fully saturated rings. The summed E-state index contributed by atoms with van der Waals surface area (Å²) in [5.74, 6) is -0.0936. The first-order chi connectivity index (χ1) is 12.7. The van der Waals surface area contributed by atoms with E-state index in [1.54, 1.807) is 6.20 Å². The van der Waals surface area contributed by atoms with Crippen molar-refractivity contribution in [2.75, 3.05) is 26.7 Å². The third-order valence-corrected chi connectivity index (χ3v) is 4.74. The molecule has 1 unspecified atom stereocenters. The molecule has 1 aliphatic heterocycles. The van der Waals surface area contributed by atoms with Gasteiger partial charge in [0.05, 0.1) is 11.7 Å². The van der Waals surface area contributed by atoms with Gasteiger partial charge in [0.25, 0.3) is 5.91 Å². The summed E-state index contributed by atoms with van der Waals surface area (Å²) in [6.07, 6.45) is 3.03. The molecular weight excluding hydrogens is 332 g/mol. The van der Waals surface area contributed by atoms with Crippen LogP contribution in [0.25, 0.3) is 10.8 Å². The van der Waals surface area contributed by atoms with Gasteiger partial charge in [0.1, 0.15) is 0 Å². The number of benzene rings is 1. The Hall–Kier alpha value is -2.67. The maximum Gasteiger partial charge on any atom is 0.408 e. The molecule has 2 amide bonds. The quantitative estimate of drug-likeness (QED) is 0.759. The van der Waals surface area contributed by atoms with Gasteiger partial charge in [0.15, 0.2) is 6.61 Å². The van der Waals surface area contributed by atoms with Gasteiger partial charge in [-0.05, 0) is 43.3 Å². The molecule has 3 N–H and O–H groups in total. The summed E-state index contributed by atoms with van der Waals surface area (Å²) in [6.45, 7) is 1.51. The summed E-state index contributed by atoms with van der Waals surface area (Å²) in [4.78, 5) is 28.2. The summed E-state index contributed by atoms with van der Waals surface area (Å²) in [5.41, 5.74) is 0.840. The molecule has 138 valence electrons. The lowest BCUT2D eigenvalue weighted by Crippen LogP contribution is -2.40. The summed E-state index contributed by atoms with van der Waals surface area (Å²) in [6, 6.07) is 9.70. The van der Waals surface area contributed by atoms with Crippen molar-refractivity contribution in [2.24, 2.45) is 5.92 Å². The van der Waals surface area contributed by atoms with Crippen LogP contribution in [0.3, 0.4) is 0 Å². The zero-order valence-corrected chi connectivity index (χ0v) is 14.8. The van der Waals surface area contributed by atoms with Gasteiger partial charge in [-0.15, -0.1) is 0 Å². The van der Waals surface area contributed by atoms with E-state index in [9.17, 15) is 9.59 Å². The van der Waals surface area contributed by atoms with E-state index in [-0.39, 0.29) is 24.5 Å². The van der Waals surface area contributed by atoms with E-state index < -0.39 is 6.09 Å². The molecule has 2 aromatic rings. The van der Waals surface area contributed by atoms with Crippen LogP contribution in [-0.2, 0) is 9.53 Å². The molecular formula is C19H24N4O3. The highest BCUT2D eigenvalue weighted by Crippen LogP contribution is 2.32. The van der Waals surface area contributed by atoms with Crippen LogP contribution in [-0.4, -0.2) is 43.7 Å². The fraction of sp³-hybridized carbons (Fsp3) is 0.421. The van der Waals surface area contributed by atoms with E-state index in [1.165, 1.54) is 7.05 Å². The number of fused-ring (bicyclic) bond motifs is 1. The van der Waals surface area contributed by atoms with E-state index >= 15 is 0 Å². The largest absolute Gasteiger partial charge is 0.439 e. The van der Waals surface area contributed by atoms with Gasteiger partial charge in [0.2, 0.25) is 0 Å². The van der Waals surface area contributed by atoms with E-state index in [4.69, 9.17) is 4.74 Å². The fourth-order valence-corrected chi connectivity index (χ4v) is 3.35. The molecule has 1 aromatic carbocycles. The lowest BCUT2D eigenvalue weighted by atomic mass is 9.86. The number of carbonyl (C=O) groups excluding carboxylic acids is 2. The van der Waals surface area contributed by atoms with Crippen LogP contribution in [0.2, 0.25) is 0 Å². The summed E-state index contributed by atoms with van der Waals surface area (Å²) in [5, 5.41) is 10.8. The zero-order chi connectivity index (χ0) is 18.4. The lowest BCUT2D eigenvalue weighted by molar-refractivity contribution is -0.123. The molecule has 2 heterocycles. The topological polar surface area (TPSA) is 92.3 Å². The second-order valence-electron chi connectivity index (χ2n) is 6.38. The Morgan fingerprint density at radius 2 is 2.04 bits per heavy atom. The smallest absolute Gasteiger partial charge is 0.408 e. The van der Waals surface area contributed by atoms with Crippen molar-refractivity contribution < 1.29 is 14.3 Å². The van der Waals surface area contributed by atoms with Crippen molar-refractivity contribution in [3.05, 3.63) is 42.2 Å². The number of amides is 2. The molecule has 1 atom stereocenters. The number of aromatic nitrogens is 1. The highest BCUT2D eigenvalue weighted by Gasteiger charge is 2.29. The number of likely N-dealkylation sites (N-methyl/N-ethyl adjacent to an activating group) is 1. The number of hydrogen-bond acceptors (Lipinski definition) is 5. The maximum atomic E-state index is 12.3. The maximum absolute atomic E-state index is 12.3. The number of hydrogen-bond donors (Lipinski definition) is 3. The second-order valence-corrected chi connectivity index (χ2v) is 6.38. The number of pyridine rings is 1. The van der Waals surface area contributed by atoms with Crippen LogP contribution < -0.4 is 16.0 Å². The number of alkyl carbamates (subject to hydrolysis) is 1. The molecule has 7 nitrogen and oxygen atoms in total. The van der Waals surface area contributed by atoms with Gasteiger partial charge in [0, 0.05) is 18.6 Å². The molecule has 26 heavy (non-hydrogen) atoms. The molecule has 3 rings (SSSR count). The summed E-state index contributed by atoms with van der Waals surface area (Å²) in [7, 11) is 1.50. The lowest BCUT2D eigenvalue weighted by Gasteiger charge is -2.31. The first kappa shape index (κ1) is 18.1. The Balaban J connectivity index is 1.85. The van der Waals surface area contributed by atoms with Gasteiger partial charge in [-0.3, -0.25) is 9.78 Å². The van der Waals surface area contributed by atoms with Crippen LogP contribution in [0.5, 0.6) is 0 Å². The standard InChI is InChI=1S/C19H24N4O3/c1-20-16(24)12-26-19(25)23-17(14-6-9-21-10-7-14)18-15-5-3-2-4-13(15)8-11-22-18/h2-5,8,11,14,17,21H,6-7,9-10,12H2,1H3,(H,20,24)(H,23,25). The normalized spacial score (nSPS) is 16.0. The molecule has 0 saturated carbocycles. The van der Waals surface area contributed by atoms with Gasteiger partial charge in [-0.25, -0.2) is 4.79 Å². The predicted molar refractivity (Wildman–Crippen MR) is 98.6 cm³/mol. The van der Waals surface area contributed by atoms with Crippen molar-refractivity contribution in [2.45, 2.75) is 18.9 Å². The third kappa shape index (κ3) is 4.29. The Labute approximate surface area is 152 Å². The van der Waals surface area contributed by atoms with Crippen molar-refractivity contribution in [1.29, 1.82) is 0 Å². The Morgan fingerprint density at radius 1 is 1.27 bits per heavy atom. The Morgan fingerprint density at radius 3 is 2.81 bits per heavy atom. The van der Waals surface area contributed by atoms with Gasteiger partial charge in [-0.1, -0.05) is 24.3 Å². The van der Waals surface area contributed by atoms with Crippen LogP contribution in [0.1, 0.15) is 24.6 Å². The molecule has 7 heteroatoms. The second kappa shape index (κ2) is 8.62. The van der Waals surface area contributed by atoms with Gasteiger partial charge in [-0.2, -0.15) is 0 Å². The SMILES string of the molecule is CNC(=O)COC(=O)NC(c1nccc2ccccc12)C1CCNCC1. The van der Waals surface area contributed by atoms with Crippen LogP contribution in [0, 0.1) is 5.92 Å². The van der Waals surface area contributed by atoms with Crippen LogP contribution >= 0.6 is 0 Å². The molecule has 0 radical (unpaired) electrons. The fourth-order valence-electron chi connectivity index (χ4n) is 3.35. The van der Waals surface area contributed by atoms with Crippen molar-refractivity contribution in [3.8, 4) is 0 Å². The van der Waals surface area contributed by atoms with E-state index in [0.29, 0.717) is 0 Å². The molecule has 1 aliphatic rings. The number of nitrogens with zero attached hydrogens (tertiary/aromatic N) is 1. The highest BCUT2D eigenvalue weighted by atomic mass is 16.6. The first-order valence-electron chi connectivity index (χ1n) is 8.87. The van der Waals surface area contributed by atoms with Gasteiger partial charge < -0.3 is 20.7 Å². The van der Waals surface area contributed by atoms with Crippen molar-refractivity contribution in [1.82, 2.24) is 20.9 Å². The molecule has 0 spiro atoms. The number of rotatable bonds is 5. The zero-order valence-electron chi connectivity index (χ0n) is 14.8. The Kier molecular flexibility index (Phi) is 6.01. The van der Waals surface area contributed by atoms with Crippen LogP contribution in [0.15, 0.2) is 36.5 Å². The van der Waals surface area contributed by atoms with Crippen molar-refractivity contribution >= 4 is 22.8 Å². The first-order valence-corrected chi connectivity index (χ1v) is 8.87. The van der Waals surface area contributed by atoms with E-state index in [0.717, 1.165) is 42.4 Å². The predicted octanol–water partition coefficient (Wildman–Crippen LogP) is 1.75. The van der Waals surface area contributed by atoms with E-state index in [1.807, 2.05) is 30.3 Å². The summed E-state index contributed by atoms with van der Waals surface area (Å²) < 4.78 is 5.04. The monoisotopic (exact) mass is 356 g/mol. The number of nitrogens with one attached hydrogen (secondary N) is 3. The summed E-state index contributed by atoms with van der Waals surface area (Å²) >= 11 is 0. The number of piperidine rings is 1. The third-order valence-electron chi connectivity index (χ3n) is 4.74.